The lowest BCUT2D eigenvalue weighted by Gasteiger charge is -2.11. The quantitative estimate of drug-likeness (QED) is 0.904. The minimum Gasteiger partial charge on any atom is -0.211 e. The Kier molecular flexibility index (Phi) is 4.69. The molecule has 0 amide bonds. The second-order valence-electron chi connectivity index (χ2n) is 4.16. The topological polar surface area (TPSA) is 46.2 Å². The summed E-state index contributed by atoms with van der Waals surface area (Å²) < 4.78 is 39.9. The van der Waals surface area contributed by atoms with Gasteiger partial charge in [0.1, 0.15) is 5.82 Å². The smallest absolute Gasteiger partial charge is 0.211 e. The Labute approximate surface area is 119 Å². The average Bonchev–Trinajstić information content (AvgIpc) is 2.78. The summed E-state index contributed by atoms with van der Waals surface area (Å²) in [5.41, 5.74) is 0. The summed E-state index contributed by atoms with van der Waals surface area (Å²) in [6.07, 6.45) is 1.04. The number of hydrogen-bond donors (Lipinski definition) is 1. The summed E-state index contributed by atoms with van der Waals surface area (Å²) in [5.74, 6) is 2.01. The molecule has 1 aromatic carbocycles. The van der Waals surface area contributed by atoms with Crippen molar-refractivity contribution in [3.8, 4) is 0 Å². The van der Waals surface area contributed by atoms with Crippen LogP contribution >= 0.6 is 27.7 Å². The summed E-state index contributed by atoms with van der Waals surface area (Å²) >= 11 is 4.91. The van der Waals surface area contributed by atoms with Crippen molar-refractivity contribution in [1.82, 2.24) is 4.72 Å². The molecule has 1 N–H and O–H groups in total. The highest BCUT2D eigenvalue weighted by Crippen LogP contribution is 2.25. The van der Waals surface area contributed by atoms with Crippen LogP contribution in [0.25, 0.3) is 0 Å². The lowest BCUT2D eigenvalue weighted by molar-refractivity contribution is 0.545. The van der Waals surface area contributed by atoms with Crippen molar-refractivity contribution in [2.24, 2.45) is 5.92 Å². The maximum Gasteiger partial charge on any atom is 0.241 e. The molecule has 1 unspecified atom stereocenters. The lowest BCUT2D eigenvalue weighted by Crippen LogP contribution is -2.29. The van der Waals surface area contributed by atoms with E-state index >= 15 is 0 Å². The first kappa shape index (κ1) is 14.3. The van der Waals surface area contributed by atoms with Crippen molar-refractivity contribution >= 4 is 37.7 Å². The first-order valence-corrected chi connectivity index (χ1v) is 8.94. The van der Waals surface area contributed by atoms with Gasteiger partial charge in [-0.25, -0.2) is 17.5 Å². The third-order valence-corrected chi connectivity index (χ3v) is 6.40. The van der Waals surface area contributed by atoms with E-state index < -0.39 is 15.8 Å². The Bertz CT molecular complexity index is 530. The molecule has 1 aliphatic heterocycles. The van der Waals surface area contributed by atoms with Crippen LogP contribution in [-0.2, 0) is 10.0 Å². The van der Waals surface area contributed by atoms with Gasteiger partial charge in [-0.3, -0.25) is 0 Å². The standard InChI is InChI=1S/C11H13BrFNO2S2/c12-10-5-9(13)1-2-11(10)18(15,16)14-6-8-3-4-17-7-8/h1-2,5,8,14H,3-4,6-7H2. The number of nitrogens with one attached hydrogen (secondary N) is 1. The van der Waals surface area contributed by atoms with Crippen LogP contribution in [-0.4, -0.2) is 26.5 Å². The van der Waals surface area contributed by atoms with Gasteiger partial charge in [-0.2, -0.15) is 11.8 Å². The Balaban J connectivity index is 2.09. The number of sulfonamides is 1. The second-order valence-corrected chi connectivity index (χ2v) is 7.90. The van der Waals surface area contributed by atoms with Crippen LogP contribution in [0.5, 0.6) is 0 Å². The van der Waals surface area contributed by atoms with Crippen molar-refractivity contribution in [3.63, 3.8) is 0 Å². The third kappa shape index (κ3) is 3.46. The zero-order valence-corrected chi connectivity index (χ0v) is 12.7. The van der Waals surface area contributed by atoms with Gasteiger partial charge < -0.3 is 0 Å². The first-order valence-electron chi connectivity index (χ1n) is 5.51. The fourth-order valence-electron chi connectivity index (χ4n) is 1.74. The van der Waals surface area contributed by atoms with E-state index in [-0.39, 0.29) is 9.37 Å². The van der Waals surface area contributed by atoms with Crippen LogP contribution in [0.4, 0.5) is 4.39 Å². The van der Waals surface area contributed by atoms with E-state index in [0.29, 0.717) is 12.5 Å². The Morgan fingerprint density at radius 3 is 2.89 bits per heavy atom. The molecule has 1 fully saturated rings. The number of rotatable bonds is 4. The van der Waals surface area contributed by atoms with Crippen LogP contribution < -0.4 is 4.72 Å². The molecule has 0 radical (unpaired) electrons. The first-order chi connectivity index (χ1) is 8.49. The molecular weight excluding hydrogens is 341 g/mol. The predicted octanol–water partition coefficient (Wildman–Crippen LogP) is 2.62. The van der Waals surface area contributed by atoms with E-state index in [0.717, 1.165) is 30.1 Å². The average molecular weight is 354 g/mol. The zero-order valence-electron chi connectivity index (χ0n) is 9.53. The zero-order chi connectivity index (χ0) is 13.2. The molecule has 0 aromatic heterocycles. The van der Waals surface area contributed by atoms with Crippen molar-refractivity contribution in [3.05, 3.63) is 28.5 Å². The number of benzene rings is 1. The molecule has 1 aromatic rings. The number of thioether (sulfide) groups is 1. The van der Waals surface area contributed by atoms with E-state index in [9.17, 15) is 12.8 Å². The number of hydrogen-bond acceptors (Lipinski definition) is 3. The van der Waals surface area contributed by atoms with E-state index in [1.807, 2.05) is 11.8 Å². The van der Waals surface area contributed by atoms with E-state index in [1.165, 1.54) is 6.07 Å². The van der Waals surface area contributed by atoms with Gasteiger partial charge in [0.15, 0.2) is 0 Å². The van der Waals surface area contributed by atoms with Crippen LogP contribution in [0, 0.1) is 11.7 Å². The predicted molar refractivity (Wildman–Crippen MR) is 74.7 cm³/mol. The lowest BCUT2D eigenvalue weighted by atomic mass is 10.1. The van der Waals surface area contributed by atoms with Gasteiger partial charge in [-0.15, -0.1) is 0 Å². The molecule has 1 saturated heterocycles. The van der Waals surface area contributed by atoms with Gasteiger partial charge in [0.25, 0.3) is 0 Å². The van der Waals surface area contributed by atoms with Gasteiger partial charge in [-0.05, 0) is 58.0 Å². The summed E-state index contributed by atoms with van der Waals surface area (Å²) in [6, 6.07) is 3.57. The highest BCUT2D eigenvalue weighted by Gasteiger charge is 2.21. The molecule has 0 saturated carbocycles. The molecular formula is C11H13BrFNO2S2. The highest BCUT2D eigenvalue weighted by atomic mass is 79.9. The molecule has 7 heteroatoms. The minimum absolute atomic E-state index is 0.0783. The fourth-order valence-corrected chi connectivity index (χ4v) is 5.19. The minimum atomic E-state index is -3.57. The van der Waals surface area contributed by atoms with E-state index in [4.69, 9.17) is 0 Å². The van der Waals surface area contributed by atoms with Crippen LogP contribution in [0.1, 0.15) is 6.42 Å². The summed E-state index contributed by atoms with van der Waals surface area (Å²) in [4.78, 5) is 0.0783. The van der Waals surface area contributed by atoms with Crippen LogP contribution in [0.15, 0.2) is 27.6 Å². The molecule has 2 rings (SSSR count). The summed E-state index contributed by atoms with van der Waals surface area (Å²) in [5, 5.41) is 0. The van der Waals surface area contributed by atoms with E-state index in [2.05, 4.69) is 20.7 Å². The van der Waals surface area contributed by atoms with Crippen LogP contribution in [0.3, 0.4) is 0 Å². The Morgan fingerprint density at radius 1 is 1.50 bits per heavy atom. The van der Waals surface area contributed by atoms with Crippen molar-refractivity contribution in [1.29, 1.82) is 0 Å². The molecule has 1 atom stereocenters. The largest absolute Gasteiger partial charge is 0.241 e. The molecule has 0 bridgehead atoms. The van der Waals surface area contributed by atoms with Gasteiger partial charge in [-0.1, -0.05) is 0 Å². The molecule has 0 spiro atoms. The molecule has 1 heterocycles. The maximum atomic E-state index is 12.9. The number of halogens is 2. The molecule has 100 valence electrons. The molecule has 1 aliphatic rings. The summed E-state index contributed by atoms with van der Waals surface area (Å²) in [7, 11) is -3.57. The SMILES string of the molecule is O=S(=O)(NCC1CCSC1)c1ccc(F)cc1Br. The Morgan fingerprint density at radius 2 is 2.28 bits per heavy atom. The van der Waals surface area contributed by atoms with Crippen LogP contribution in [0.2, 0.25) is 0 Å². The summed E-state index contributed by atoms with van der Waals surface area (Å²) in [6.45, 7) is 0.444. The van der Waals surface area contributed by atoms with Crippen molar-refractivity contribution in [2.75, 3.05) is 18.1 Å². The monoisotopic (exact) mass is 353 g/mol. The van der Waals surface area contributed by atoms with Crippen molar-refractivity contribution < 1.29 is 12.8 Å². The fraction of sp³-hybridized carbons (Fsp3) is 0.455. The molecule has 0 aliphatic carbocycles. The van der Waals surface area contributed by atoms with Gasteiger partial charge in [0, 0.05) is 11.0 Å². The molecule has 3 nitrogen and oxygen atoms in total. The van der Waals surface area contributed by atoms with Crippen molar-refractivity contribution in [2.45, 2.75) is 11.3 Å². The maximum absolute atomic E-state index is 12.9. The van der Waals surface area contributed by atoms with Gasteiger partial charge in [0.2, 0.25) is 10.0 Å². The third-order valence-electron chi connectivity index (χ3n) is 2.77. The van der Waals surface area contributed by atoms with Gasteiger partial charge >= 0.3 is 0 Å². The van der Waals surface area contributed by atoms with Gasteiger partial charge in [0.05, 0.1) is 4.90 Å². The Hall–Kier alpha value is -0.110. The highest BCUT2D eigenvalue weighted by molar-refractivity contribution is 9.10. The second kappa shape index (κ2) is 5.90. The normalized spacial score (nSPS) is 20.2. The molecule has 18 heavy (non-hydrogen) atoms. The van der Waals surface area contributed by atoms with E-state index in [1.54, 1.807) is 0 Å².